The Bertz CT molecular complexity index is 555. The zero-order valence-corrected chi connectivity index (χ0v) is 19.9. The van der Waals surface area contributed by atoms with Gasteiger partial charge in [-0.3, -0.25) is 4.99 Å². The van der Waals surface area contributed by atoms with Crippen molar-refractivity contribution in [2.24, 2.45) is 10.9 Å². The van der Waals surface area contributed by atoms with Gasteiger partial charge in [0.25, 0.3) is 0 Å². The normalized spacial score (nSPS) is 11.7. The van der Waals surface area contributed by atoms with Crippen molar-refractivity contribution >= 4 is 33.3 Å². The van der Waals surface area contributed by atoms with E-state index in [1.165, 1.54) is 44.0 Å². The van der Waals surface area contributed by atoms with Crippen molar-refractivity contribution in [3.05, 3.63) is 23.8 Å². The van der Waals surface area contributed by atoms with Gasteiger partial charge in [-0.15, -0.1) is 0 Å². The molecule has 1 aromatic carbocycles. The quantitative estimate of drug-likeness (QED) is 0.298. The van der Waals surface area contributed by atoms with Crippen LogP contribution in [0.25, 0.3) is 0 Å². The second-order valence-electron chi connectivity index (χ2n) is 6.92. The van der Waals surface area contributed by atoms with Crippen molar-refractivity contribution in [3.8, 4) is 11.5 Å². The Labute approximate surface area is 174 Å². The number of carbonyl (C=O) groups excluding carboxylic acids is 1. The van der Waals surface area contributed by atoms with Crippen molar-refractivity contribution in [1.82, 2.24) is 0 Å². The van der Waals surface area contributed by atoms with Crippen molar-refractivity contribution in [2.45, 2.75) is 74.7 Å². The molecule has 6 heteroatoms. The summed E-state index contributed by atoms with van der Waals surface area (Å²) in [6.07, 6.45) is 7.40. The van der Waals surface area contributed by atoms with Gasteiger partial charge in [-0.25, -0.2) is 0 Å². The number of nitrogens with zero attached hydrogens (tertiary/aromatic N) is 1. The maximum absolute atomic E-state index is 11.4. The third-order valence-corrected chi connectivity index (χ3v) is 7.81. The molecule has 0 unspecified atom stereocenters. The Balaban J connectivity index is 0.000000636. The number of hydrogen-bond acceptors (Lipinski definition) is 5. The van der Waals surface area contributed by atoms with Crippen LogP contribution in [0.5, 0.6) is 11.5 Å². The number of rotatable bonds is 11. The number of aromatic hydroxyl groups is 1. The van der Waals surface area contributed by atoms with Crippen molar-refractivity contribution in [3.63, 3.8) is 0 Å². The van der Waals surface area contributed by atoms with E-state index < -0.39 is 17.8 Å². The van der Waals surface area contributed by atoms with E-state index in [2.05, 4.69) is 18.8 Å². The molecule has 0 heterocycles. The predicted octanol–water partition coefficient (Wildman–Crippen LogP) is 3.18. The van der Waals surface area contributed by atoms with Crippen LogP contribution in [0.1, 0.15) is 65.4 Å². The number of benzene rings is 1. The molecule has 0 saturated carbocycles. The first kappa shape index (κ1) is 25.8. The van der Waals surface area contributed by atoms with Crippen LogP contribution >= 0.6 is 0 Å². The van der Waals surface area contributed by atoms with Gasteiger partial charge in [-0.1, -0.05) is 25.7 Å². The number of phenolic OH excluding ortho intramolecular Hbond substituents is 1. The van der Waals surface area contributed by atoms with Crippen LogP contribution in [-0.2, 0) is 4.79 Å². The van der Waals surface area contributed by atoms with Crippen LogP contribution in [0.4, 0.5) is 0 Å². The minimum absolute atomic E-state index is 0.129. The van der Waals surface area contributed by atoms with E-state index in [0.29, 0.717) is 6.42 Å². The number of hydrogen-bond donors (Lipinski definition) is 1. The van der Waals surface area contributed by atoms with Crippen molar-refractivity contribution in [1.29, 1.82) is 0 Å². The van der Waals surface area contributed by atoms with Crippen molar-refractivity contribution in [2.75, 3.05) is 0 Å². The van der Waals surface area contributed by atoms with E-state index in [-0.39, 0.29) is 38.4 Å². The van der Waals surface area contributed by atoms with Crippen LogP contribution in [0.3, 0.4) is 0 Å². The summed E-state index contributed by atoms with van der Waals surface area (Å²) in [5, 5.41) is 31.4. The molecule has 1 N–H and O–H groups in total. The van der Waals surface area contributed by atoms with E-state index in [1.807, 2.05) is 13.8 Å². The summed E-state index contributed by atoms with van der Waals surface area (Å²) in [7, 11) is 0. The van der Waals surface area contributed by atoms with Gasteiger partial charge in [0, 0.05) is 6.21 Å². The van der Waals surface area contributed by atoms with Crippen LogP contribution in [0, 0.1) is 5.92 Å². The number of carbonyl (C=O) groups is 1. The summed E-state index contributed by atoms with van der Waals surface area (Å²) in [5.74, 6) is -1.63. The molecular weight excluding hydrogens is 449 g/mol. The third-order valence-electron chi connectivity index (χ3n) is 3.77. The monoisotopic (exact) mass is 483 g/mol. The van der Waals surface area contributed by atoms with E-state index >= 15 is 0 Å². The van der Waals surface area contributed by atoms with Gasteiger partial charge >= 0.3 is 69.5 Å². The number of aliphatic imine (C=N–C) groups is 1. The molecule has 1 aromatic rings. The van der Waals surface area contributed by atoms with E-state index in [9.17, 15) is 15.0 Å². The van der Waals surface area contributed by atoms with Gasteiger partial charge < -0.3 is 20.1 Å². The van der Waals surface area contributed by atoms with Gasteiger partial charge in [0.2, 0.25) is 0 Å². The predicted molar refractivity (Wildman–Crippen MR) is 109 cm³/mol. The number of phenols is 1. The van der Waals surface area contributed by atoms with E-state index in [4.69, 9.17) is 5.11 Å². The molecule has 0 aliphatic rings. The van der Waals surface area contributed by atoms with Crippen LogP contribution in [0.2, 0.25) is 8.87 Å². The third kappa shape index (κ3) is 13.6. The number of aliphatic carboxylic acids is 1. The average molecular weight is 482 g/mol. The van der Waals surface area contributed by atoms with Gasteiger partial charge in [-0.2, -0.15) is 0 Å². The Morgan fingerprint density at radius 1 is 1.22 bits per heavy atom. The number of carboxylic acids is 1. The number of unbranched alkanes of at least 4 members (excludes halogenated alkanes) is 2. The Hall–Kier alpha value is -1.24. The van der Waals surface area contributed by atoms with Crippen LogP contribution in [0.15, 0.2) is 23.2 Å². The molecule has 0 aliphatic heterocycles. The van der Waals surface area contributed by atoms with Crippen LogP contribution < -0.4 is 10.2 Å². The Morgan fingerprint density at radius 3 is 2.26 bits per heavy atom. The molecule has 0 aromatic heterocycles. The topological polar surface area (TPSA) is 95.8 Å². The molecule has 0 spiro atoms. The maximum atomic E-state index is 11.4. The SMILES string of the molecule is CC(C)C[C@H](N=Cc1ccc(O)cc1[O-])C(=O)[O-].CCC[CH2][Sn+2][CH2]CCC. The average Bonchev–Trinajstić information content (AvgIpc) is 2.60. The molecule has 1 atom stereocenters. The second kappa shape index (κ2) is 15.8. The van der Waals surface area contributed by atoms with E-state index in [1.54, 1.807) is 8.87 Å². The van der Waals surface area contributed by atoms with Crippen LogP contribution in [-0.4, -0.2) is 44.5 Å². The molecule has 0 amide bonds. The second-order valence-corrected chi connectivity index (χ2v) is 11.2. The first-order valence-electron chi connectivity index (χ1n) is 9.76. The van der Waals surface area contributed by atoms with Gasteiger partial charge in [0.15, 0.2) is 0 Å². The molecular formula is C21H33NO4Sn. The summed E-state index contributed by atoms with van der Waals surface area (Å²) in [6.45, 7) is 8.34. The molecule has 0 fully saturated rings. The fourth-order valence-electron chi connectivity index (χ4n) is 2.19. The van der Waals surface area contributed by atoms with E-state index in [0.717, 1.165) is 6.07 Å². The molecule has 27 heavy (non-hydrogen) atoms. The number of carboxylic acid groups (broad SMARTS) is 1. The molecule has 0 radical (unpaired) electrons. The van der Waals surface area contributed by atoms with Gasteiger partial charge in [-0.05, 0) is 30.0 Å². The molecule has 0 bridgehead atoms. The summed E-state index contributed by atoms with van der Waals surface area (Å²) in [5.41, 5.74) is 0.239. The molecule has 0 saturated heterocycles. The van der Waals surface area contributed by atoms with Gasteiger partial charge in [0.1, 0.15) is 5.75 Å². The molecule has 5 nitrogen and oxygen atoms in total. The Morgan fingerprint density at radius 2 is 1.81 bits per heavy atom. The first-order chi connectivity index (χ1) is 12.8. The summed E-state index contributed by atoms with van der Waals surface area (Å²) in [6, 6.07) is 2.83. The van der Waals surface area contributed by atoms with Crippen molar-refractivity contribution < 1.29 is 20.1 Å². The zero-order chi connectivity index (χ0) is 20.7. The molecule has 150 valence electrons. The fraction of sp³-hybridized carbons (Fsp3) is 0.619. The minimum atomic E-state index is -1.26. The molecule has 0 aliphatic carbocycles. The molecule has 1 rings (SSSR count). The first-order valence-corrected chi connectivity index (χ1v) is 13.8. The summed E-state index contributed by atoms with van der Waals surface area (Å²) in [4.78, 5) is 14.7. The zero-order valence-electron chi connectivity index (χ0n) is 17.0. The fourth-order valence-corrected chi connectivity index (χ4v) is 6.35. The van der Waals surface area contributed by atoms with Gasteiger partial charge in [0.05, 0.1) is 12.0 Å². The Kier molecular flexibility index (Phi) is 15.1. The summed E-state index contributed by atoms with van der Waals surface area (Å²) < 4.78 is 3.25. The summed E-state index contributed by atoms with van der Waals surface area (Å²) >= 11 is 0.149. The standard InChI is InChI=1S/C13H17NO4.2C4H9.Sn/c1-8(2)5-11(13(17)18)14-7-9-3-4-10(15)6-12(9)16;2*1-3-4-2;/h3-4,6-8,11,15-16H,5H2,1-2H3,(H,17,18);2*1,3-4H2,2H3;/q;;;+2/p-2/t11-;;;/m0.../s1.